The highest BCUT2D eigenvalue weighted by Crippen LogP contribution is 2.39. The maximum atomic E-state index is 13.5. The summed E-state index contributed by atoms with van der Waals surface area (Å²) in [5.74, 6) is -0.419. The molecule has 1 heterocycles. The summed E-state index contributed by atoms with van der Waals surface area (Å²) >= 11 is 13.3. The number of halogens is 2. The van der Waals surface area contributed by atoms with E-state index in [-0.39, 0.29) is 11.6 Å². The number of carbonyl (C=O) groups excluding carboxylic acids is 2. The number of aryl methyl sites for hydroxylation is 1. The van der Waals surface area contributed by atoms with Crippen LogP contribution in [0.3, 0.4) is 0 Å². The molecule has 168 valence electrons. The molecular weight excluding hydrogens is 475 g/mol. The Morgan fingerprint density at radius 1 is 0.848 bits per heavy atom. The van der Waals surface area contributed by atoms with E-state index >= 15 is 0 Å². The van der Waals surface area contributed by atoms with E-state index in [1.54, 1.807) is 30.3 Å². The standard InChI is InChI=1S/C26H22Cl2N2O2S/c1-15(2)17-4-9-20(10-5-17)30-25(31)23(29-22-13-8-19(28)14-16(22)3)24(26(30)32)33-21-11-6-18(27)7-12-21/h4-15,29H,1-3H3. The molecule has 0 fully saturated rings. The van der Waals surface area contributed by atoms with Gasteiger partial charge in [-0.1, -0.05) is 60.9 Å². The normalized spacial score (nSPS) is 13.9. The van der Waals surface area contributed by atoms with E-state index in [0.717, 1.165) is 16.0 Å². The van der Waals surface area contributed by atoms with Gasteiger partial charge >= 0.3 is 0 Å². The Bertz CT molecular complexity index is 1250. The number of thioether (sulfide) groups is 1. The number of amides is 2. The van der Waals surface area contributed by atoms with E-state index in [9.17, 15) is 9.59 Å². The van der Waals surface area contributed by atoms with Crippen LogP contribution in [-0.2, 0) is 9.59 Å². The molecule has 33 heavy (non-hydrogen) atoms. The maximum Gasteiger partial charge on any atom is 0.283 e. The second kappa shape index (κ2) is 9.64. The van der Waals surface area contributed by atoms with Crippen molar-refractivity contribution >= 4 is 58.2 Å². The zero-order chi connectivity index (χ0) is 23.7. The van der Waals surface area contributed by atoms with Gasteiger partial charge in [-0.05, 0) is 78.6 Å². The zero-order valence-electron chi connectivity index (χ0n) is 18.4. The van der Waals surface area contributed by atoms with E-state index in [1.165, 1.54) is 16.7 Å². The quantitative estimate of drug-likeness (QED) is 0.360. The number of nitrogens with zero attached hydrogens (tertiary/aromatic N) is 1. The summed E-state index contributed by atoms with van der Waals surface area (Å²) in [6.07, 6.45) is 0. The molecule has 1 aliphatic rings. The molecule has 0 saturated carbocycles. The minimum absolute atomic E-state index is 0.235. The molecule has 7 heteroatoms. The molecule has 3 aromatic rings. The Morgan fingerprint density at radius 3 is 2.09 bits per heavy atom. The van der Waals surface area contributed by atoms with Crippen molar-refractivity contribution < 1.29 is 9.59 Å². The lowest BCUT2D eigenvalue weighted by Gasteiger charge is -2.17. The highest BCUT2D eigenvalue weighted by atomic mass is 35.5. The third kappa shape index (κ3) is 4.96. The lowest BCUT2D eigenvalue weighted by molar-refractivity contribution is -0.120. The molecule has 0 bridgehead atoms. The van der Waals surface area contributed by atoms with Crippen LogP contribution in [0.2, 0.25) is 10.0 Å². The van der Waals surface area contributed by atoms with Crippen LogP contribution >= 0.6 is 35.0 Å². The van der Waals surface area contributed by atoms with Crippen LogP contribution < -0.4 is 10.2 Å². The fraction of sp³-hybridized carbons (Fsp3) is 0.154. The minimum Gasteiger partial charge on any atom is -0.350 e. The number of carbonyl (C=O) groups is 2. The fourth-order valence-electron chi connectivity index (χ4n) is 3.48. The lowest BCUT2D eigenvalue weighted by Crippen LogP contribution is -2.32. The van der Waals surface area contributed by atoms with Crippen molar-refractivity contribution in [2.45, 2.75) is 31.6 Å². The summed E-state index contributed by atoms with van der Waals surface area (Å²) in [4.78, 5) is 29.3. The summed E-state index contributed by atoms with van der Waals surface area (Å²) in [6, 6.07) is 20.0. The minimum atomic E-state index is -0.400. The third-order valence-corrected chi connectivity index (χ3v) is 6.92. The number of rotatable bonds is 6. The number of nitrogens with one attached hydrogen (secondary N) is 1. The summed E-state index contributed by atoms with van der Waals surface area (Å²) in [6.45, 7) is 6.09. The van der Waals surface area contributed by atoms with Crippen LogP contribution in [0.15, 0.2) is 82.2 Å². The molecule has 4 rings (SSSR count). The smallest absolute Gasteiger partial charge is 0.283 e. The van der Waals surface area contributed by atoms with Gasteiger partial charge in [0.2, 0.25) is 0 Å². The Labute approximate surface area is 207 Å². The van der Waals surface area contributed by atoms with Gasteiger partial charge in [0.25, 0.3) is 11.8 Å². The first-order valence-electron chi connectivity index (χ1n) is 10.4. The van der Waals surface area contributed by atoms with Gasteiger partial charge in [-0.15, -0.1) is 0 Å². The summed E-state index contributed by atoms with van der Waals surface area (Å²) in [7, 11) is 0. The van der Waals surface area contributed by atoms with E-state index in [1.807, 2.05) is 43.3 Å². The first-order chi connectivity index (χ1) is 15.7. The Morgan fingerprint density at radius 2 is 1.48 bits per heavy atom. The van der Waals surface area contributed by atoms with Crippen LogP contribution in [0.1, 0.15) is 30.9 Å². The molecule has 0 aromatic heterocycles. The van der Waals surface area contributed by atoms with Crippen molar-refractivity contribution in [2.75, 3.05) is 10.2 Å². The molecule has 0 aliphatic carbocycles. The van der Waals surface area contributed by atoms with Gasteiger partial charge in [-0.25, -0.2) is 4.90 Å². The van der Waals surface area contributed by atoms with E-state index in [2.05, 4.69) is 19.2 Å². The Hall–Kier alpha value is -2.73. The molecule has 4 nitrogen and oxygen atoms in total. The molecule has 0 unspecified atom stereocenters. The molecule has 2 amide bonds. The average molecular weight is 497 g/mol. The van der Waals surface area contributed by atoms with Crippen molar-refractivity contribution in [3.05, 3.63) is 98.5 Å². The first kappa shape index (κ1) is 23.4. The molecular formula is C26H22Cl2N2O2S. The van der Waals surface area contributed by atoms with Crippen molar-refractivity contribution in [3.8, 4) is 0 Å². The van der Waals surface area contributed by atoms with Gasteiger partial charge in [0.1, 0.15) is 10.6 Å². The Balaban J connectivity index is 1.73. The SMILES string of the molecule is Cc1cc(Cl)ccc1NC1=C(Sc2ccc(Cl)cc2)C(=O)N(c2ccc(C(C)C)cc2)C1=O. The van der Waals surface area contributed by atoms with Gasteiger partial charge in [-0.2, -0.15) is 0 Å². The van der Waals surface area contributed by atoms with Crippen molar-refractivity contribution in [1.29, 1.82) is 0 Å². The third-order valence-electron chi connectivity index (χ3n) is 5.34. The van der Waals surface area contributed by atoms with Crippen molar-refractivity contribution in [1.82, 2.24) is 0 Å². The van der Waals surface area contributed by atoms with Crippen molar-refractivity contribution in [3.63, 3.8) is 0 Å². The number of hydrogen-bond acceptors (Lipinski definition) is 4. The lowest BCUT2D eigenvalue weighted by atomic mass is 10.0. The summed E-state index contributed by atoms with van der Waals surface area (Å²) in [5.41, 5.74) is 3.48. The fourth-order valence-corrected chi connectivity index (χ4v) is 4.76. The van der Waals surface area contributed by atoms with Crippen LogP contribution in [-0.4, -0.2) is 11.8 Å². The highest BCUT2D eigenvalue weighted by molar-refractivity contribution is 8.04. The number of benzene rings is 3. The van der Waals surface area contributed by atoms with Gasteiger partial charge < -0.3 is 5.32 Å². The average Bonchev–Trinajstić information content (AvgIpc) is 3.01. The maximum absolute atomic E-state index is 13.5. The molecule has 0 saturated heterocycles. The number of imide groups is 1. The van der Waals surface area contributed by atoms with Crippen LogP contribution in [0, 0.1) is 6.92 Å². The second-order valence-corrected chi connectivity index (χ2v) is 9.99. The van der Waals surface area contributed by atoms with Gasteiger partial charge in [-0.3, -0.25) is 9.59 Å². The molecule has 0 spiro atoms. The van der Waals surface area contributed by atoms with Crippen LogP contribution in [0.5, 0.6) is 0 Å². The van der Waals surface area contributed by atoms with Gasteiger partial charge in [0.15, 0.2) is 0 Å². The number of hydrogen-bond donors (Lipinski definition) is 1. The highest BCUT2D eigenvalue weighted by Gasteiger charge is 2.40. The molecule has 3 aromatic carbocycles. The Kier molecular flexibility index (Phi) is 6.84. The molecule has 1 aliphatic heterocycles. The largest absolute Gasteiger partial charge is 0.350 e. The monoisotopic (exact) mass is 496 g/mol. The molecule has 0 atom stereocenters. The zero-order valence-corrected chi connectivity index (χ0v) is 20.7. The first-order valence-corrected chi connectivity index (χ1v) is 12.0. The topological polar surface area (TPSA) is 49.4 Å². The van der Waals surface area contributed by atoms with Crippen molar-refractivity contribution in [2.24, 2.45) is 0 Å². The van der Waals surface area contributed by atoms with Crippen LogP contribution in [0.25, 0.3) is 0 Å². The van der Waals surface area contributed by atoms with E-state index in [0.29, 0.717) is 32.2 Å². The molecule has 0 radical (unpaired) electrons. The second-order valence-electron chi connectivity index (χ2n) is 8.04. The summed E-state index contributed by atoms with van der Waals surface area (Å²) < 4.78 is 0. The summed E-state index contributed by atoms with van der Waals surface area (Å²) in [5, 5.41) is 4.39. The van der Waals surface area contributed by atoms with E-state index in [4.69, 9.17) is 23.2 Å². The predicted molar refractivity (Wildman–Crippen MR) is 137 cm³/mol. The van der Waals surface area contributed by atoms with Crippen LogP contribution in [0.4, 0.5) is 11.4 Å². The predicted octanol–water partition coefficient (Wildman–Crippen LogP) is 7.41. The van der Waals surface area contributed by atoms with Gasteiger partial charge in [0.05, 0.1) is 5.69 Å². The number of anilines is 2. The van der Waals surface area contributed by atoms with E-state index < -0.39 is 5.91 Å². The molecule has 1 N–H and O–H groups in total. The van der Waals surface area contributed by atoms with Gasteiger partial charge in [0, 0.05) is 20.6 Å².